The number of carbonyl (C=O) groups is 1. The van der Waals surface area contributed by atoms with Gasteiger partial charge in [0.2, 0.25) is 0 Å². The Balaban J connectivity index is 1.51. The summed E-state index contributed by atoms with van der Waals surface area (Å²) in [5, 5.41) is 3.82. The first-order valence-electron chi connectivity index (χ1n) is 13.7. The van der Waals surface area contributed by atoms with E-state index in [9.17, 15) is 18.0 Å². The van der Waals surface area contributed by atoms with Crippen LogP contribution in [0.25, 0.3) is 11.1 Å². The molecule has 1 atom stereocenters. The molecule has 1 amide bonds. The maximum absolute atomic E-state index is 14.4. The van der Waals surface area contributed by atoms with Gasteiger partial charge in [-0.1, -0.05) is 0 Å². The molecule has 4 aromatic rings. The lowest BCUT2D eigenvalue weighted by Crippen LogP contribution is -2.38. The van der Waals surface area contributed by atoms with Gasteiger partial charge in [-0.3, -0.25) is 9.48 Å². The highest BCUT2D eigenvalue weighted by Crippen LogP contribution is 2.45. The van der Waals surface area contributed by atoms with Crippen molar-refractivity contribution in [3.63, 3.8) is 0 Å². The van der Waals surface area contributed by atoms with E-state index < -0.39 is 11.9 Å². The molecule has 4 heterocycles. The zero-order chi connectivity index (χ0) is 29.6. The molecule has 6 rings (SSSR count). The lowest BCUT2D eigenvalue weighted by atomic mass is 9.95. The standard InChI is InChI=1S/C30H30F3N5O4/c1-4-37-17-24(28(35-37)30(31,32)33)21-13-19(16-36-9-8-34-18(36)2)14-23-27(21)42-12-10-38(29(23)39)25-7-11-41-26-6-5-20(40-3)15-22(25)26/h5-6,8-9,13-15,17,25H,4,7,10-12,16H2,1-3H3/t25-/m0/s1. The van der Waals surface area contributed by atoms with Crippen LogP contribution in [-0.4, -0.2) is 57.0 Å². The number of ether oxygens (including phenoxy) is 3. The molecule has 9 nitrogen and oxygen atoms in total. The number of hydrogen-bond donors (Lipinski definition) is 0. The molecule has 0 spiro atoms. The van der Waals surface area contributed by atoms with E-state index in [2.05, 4.69) is 10.1 Å². The van der Waals surface area contributed by atoms with Crippen LogP contribution in [-0.2, 0) is 19.3 Å². The summed E-state index contributed by atoms with van der Waals surface area (Å²) in [6.45, 7) is 4.87. The number of imidazole rings is 1. The lowest BCUT2D eigenvalue weighted by molar-refractivity contribution is -0.141. The SMILES string of the molecule is CCn1cc(-c2cc(Cn3ccnc3C)cc3c2OCCN([C@H]2CCOc4ccc(OC)cc42)C3=O)c(C(F)(F)F)n1. The molecule has 2 aliphatic rings. The number of fused-ring (bicyclic) bond motifs is 2. The number of alkyl halides is 3. The normalized spacial score (nSPS) is 16.8. The number of halogens is 3. The first-order valence-corrected chi connectivity index (χ1v) is 13.7. The molecule has 0 bridgehead atoms. The van der Waals surface area contributed by atoms with Gasteiger partial charge in [0.15, 0.2) is 5.69 Å². The van der Waals surface area contributed by atoms with Gasteiger partial charge in [0.1, 0.15) is 29.7 Å². The predicted molar refractivity (Wildman–Crippen MR) is 147 cm³/mol. The van der Waals surface area contributed by atoms with Crippen molar-refractivity contribution in [1.82, 2.24) is 24.2 Å². The molecule has 0 unspecified atom stereocenters. The first-order chi connectivity index (χ1) is 20.2. The third-order valence-corrected chi connectivity index (χ3v) is 7.74. The number of aromatic nitrogens is 4. The molecule has 0 N–H and O–H groups in total. The zero-order valence-corrected chi connectivity index (χ0v) is 23.4. The van der Waals surface area contributed by atoms with Gasteiger partial charge in [-0.05, 0) is 49.7 Å². The number of rotatable bonds is 6. The third-order valence-electron chi connectivity index (χ3n) is 7.74. The van der Waals surface area contributed by atoms with E-state index in [0.717, 1.165) is 11.4 Å². The van der Waals surface area contributed by atoms with Gasteiger partial charge < -0.3 is 23.7 Å². The highest BCUT2D eigenvalue weighted by Gasteiger charge is 2.40. The maximum atomic E-state index is 14.4. The van der Waals surface area contributed by atoms with Gasteiger partial charge >= 0.3 is 6.18 Å². The van der Waals surface area contributed by atoms with Crippen LogP contribution < -0.4 is 14.2 Å². The van der Waals surface area contributed by atoms with Gasteiger partial charge in [0.05, 0.1) is 31.9 Å². The summed E-state index contributed by atoms with van der Waals surface area (Å²) < 4.78 is 63.2. The van der Waals surface area contributed by atoms with E-state index >= 15 is 0 Å². The first kappa shape index (κ1) is 27.7. The average molecular weight is 582 g/mol. The van der Waals surface area contributed by atoms with Gasteiger partial charge in [-0.15, -0.1) is 0 Å². The highest BCUT2D eigenvalue weighted by molar-refractivity contribution is 6.00. The number of amides is 1. The highest BCUT2D eigenvalue weighted by atomic mass is 19.4. The fraction of sp³-hybridized carbons (Fsp3) is 0.367. The average Bonchev–Trinajstić information content (AvgIpc) is 3.56. The van der Waals surface area contributed by atoms with Gasteiger partial charge in [0.25, 0.3) is 5.91 Å². The van der Waals surface area contributed by atoms with Crippen molar-refractivity contribution >= 4 is 5.91 Å². The van der Waals surface area contributed by atoms with Gasteiger partial charge in [0, 0.05) is 54.8 Å². The third kappa shape index (κ3) is 4.94. The molecule has 0 aliphatic carbocycles. The van der Waals surface area contributed by atoms with E-state index in [4.69, 9.17) is 14.2 Å². The zero-order valence-electron chi connectivity index (χ0n) is 23.4. The topological polar surface area (TPSA) is 83.6 Å². The minimum absolute atomic E-state index is 0.103. The summed E-state index contributed by atoms with van der Waals surface area (Å²) in [4.78, 5) is 20.3. The Labute approximate surface area is 240 Å². The van der Waals surface area contributed by atoms with Crippen LogP contribution in [0.1, 0.15) is 52.4 Å². The Morgan fingerprint density at radius 3 is 2.62 bits per heavy atom. The molecule has 0 fully saturated rings. The minimum atomic E-state index is -4.70. The Kier molecular flexibility index (Phi) is 7.07. The van der Waals surface area contributed by atoms with Crippen molar-refractivity contribution in [2.75, 3.05) is 26.9 Å². The molecule has 2 aliphatic heterocycles. The van der Waals surface area contributed by atoms with Gasteiger partial charge in [-0.2, -0.15) is 18.3 Å². The molecule has 42 heavy (non-hydrogen) atoms. The molecule has 0 saturated carbocycles. The second-order valence-corrected chi connectivity index (χ2v) is 10.3. The monoisotopic (exact) mass is 581 g/mol. The summed E-state index contributed by atoms with van der Waals surface area (Å²) in [6.07, 6.45) is 0.643. The second kappa shape index (κ2) is 10.7. The molecule has 12 heteroatoms. The Hall–Kier alpha value is -4.48. The van der Waals surface area contributed by atoms with Gasteiger partial charge in [-0.25, -0.2) is 4.98 Å². The number of aryl methyl sites for hydroxylation is 2. The van der Waals surface area contributed by atoms with E-state index in [-0.39, 0.29) is 54.1 Å². The Morgan fingerprint density at radius 2 is 1.90 bits per heavy atom. The summed E-state index contributed by atoms with van der Waals surface area (Å²) in [6, 6.07) is 8.51. The number of nitrogens with zero attached hydrogens (tertiary/aromatic N) is 5. The Morgan fingerprint density at radius 1 is 1.10 bits per heavy atom. The van der Waals surface area contributed by atoms with E-state index in [0.29, 0.717) is 36.6 Å². The van der Waals surface area contributed by atoms with E-state index in [1.54, 1.807) is 49.5 Å². The molecule has 2 aromatic carbocycles. The number of methoxy groups -OCH3 is 1. The van der Waals surface area contributed by atoms with Crippen LogP contribution in [0, 0.1) is 6.92 Å². The van der Waals surface area contributed by atoms with Crippen LogP contribution in [0.15, 0.2) is 48.9 Å². The van der Waals surface area contributed by atoms with Crippen molar-refractivity contribution in [3.8, 4) is 28.4 Å². The van der Waals surface area contributed by atoms with Crippen LogP contribution in [0.2, 0.25) is 0 Å². The second-order valence-electron chi connectivity index (χ2n) is 10.3. The fourth-order valence-electron chi connectivity index (χ4n) is 5.66. The summed E-state index contributed by atoms with van der Waals surface area (Å²) >= 11 is 0. The van der Waals surface area contributed by atoms with E-state index in [1.807, 2.05) is 23.6 Å². The van der Waals surface area contributed by atoms with Crippen molar-refractivity contribution in [1.29, 1.82) is 0 Å². The molecule has 0 radical (unpaired) electrons. The van der Waals surface area contributed by atoms with Crippen molar-refractivity contribution < 1.29 is 32.2 Å². The van der Waals surface area contributed by atoms with Crippen LogP contribution in [0.3, 0.4) is 0 Å². The molecule has 220 valence electrons. The van der Waals surface area contributed by atoms with Crippen molar-refractivity contribution in [2.24, 2.45) is 0 Å². The van der Waals surface area contributed by atoms with Crippen molar-refractivity contribution in [3.05, 3.63) is 77.1 Å². The van der Waals surface area contributed by atoms with E-state index in [1.165, 1.54) is 10.9 Å². The lowest BCUT2D eigenvalue weighted by Gasteiger charge is -2.35. The molecule has 2 aromatic heterocycles. The smallest absolute Gasteiger partial charge is 0.435 e. The molecule has 0 saturated heterocycles. The van der Waals surface area contributed by atoms with Crippen LogP contribution >= 0.6 is 0 Å². The quantitative estimate of drug-likeness (QED) is 0.299. The van der Waals surface area contributed by atoms with Crippen molar-refractivity contribution in [2.45, 2.75) is 45.6 Å². The summed E-state index contributed by atoms with van der Waals surface area (Å²) in [5.74, 6) is 1.82. The molecular weight excluding hydrogens is 551 g/mol. The summed E-state index contributed by atoms with van der Waals surface area (Å²) in [7, 11) is 1.57. The molecular formula is C30H30F3N5O4. The Bertz CT molecular complexity index is 1640. The predicted octanol–water partition coefficient (Wildman–Crippen LogP) is 5.51. The number of hydrogen-bond acceptors (Lipinski definition) is 6. The number of benzene rings is 2. The van der Waals surface area contributed by atoms with Crippen LogP contribution in [0.4, 0.5) is 13.2 Å². The maximum Gasteiger partial charge on any atom is 0.435 e. The largest absolute Gasteiger partial charge is 0.497 e. The number of carbonyl (C=O) groups excluding carboxylic acids is 1. The fourth-order valence-corrected chi connectivity index (χ4v) is 5.66. The van der Waals surface area contributed by atoms with Crippen LogP contribution in [0.5, 0.6) is 17.2 Å². The summed E-state index contributed by atoms with van der Waals surface area (Å²) in [5.41, 5.74) is 0.668. The minimum Gasteiger partial charge on any atom is -0.497 e.